The van der Waals surface area contributed by atoms with E-state index < -0.39 is 28.5 Å². The van der Waals surface area contributed by atoms with Crippen LogP contribution in [0.5, 0.6) is 11.5 Å². The predicted octanol–water partition coefficient (Wildman–Crippen LogP) is 5.76. The number of nitrogens with one attached hydrogen (secondary N) is 1. The van der Waals surface area contributed by atoms with Crippen molar-refractivity contribution in [1.82, 2.24) is 10.2 Å². The van der Waals surface area contributed by atoms with E-state index in [4.69, 9.17) is 9.47 Å². The minimum absolute atomic E-state index is 0.0277. The fraction of sp³-hybridized carbons (Fsp3) is 0.297. The molecule has 9 nitrogen and oxygen atoms in total. The number of hydrogen-bond donors (Lipinski definition) is 1. The maximum absolute atomic E-state index is 14.7. The third-order valence-corrected chi connectivity index (χ3v) is 9.28. The number of carbonyl (C=O) groups excluding carboxylic acids is 2. The molecule has 0 bridgehead atoms. The highest BCUT2D eigenvalue weighted by atomic mass is 32.2. The summed E-state index contributed by atoms with van der Waals surface area (Å²) in [5, 5.41) is 2.97. The molecule has 0 saturated heterocycles. The molecule has 0 aliphatic heterocycles. The zero-order valence-electron chi connectivity index (χ0n) is 27.6. The molecule has 0 spiro atoms. The van der Waals surface area contributed by atoms with Crippen LogP contribution in [0.2, 0.25) is 0 Å². The Bertz CT molecular complexity index is 1740. The predicted molar refractivity (Wildman–Crippen MR) is 184 cm³/mol. The monoisotopic (exact) mass is 657 g/mol. The van der Waals surface area contributed by atoms with Crippen LogP contribution >= 0.6 is 0 Å². The lowest BCUT2D eigenvalue weighted by Crippen LogP contribution is -2.54. The van der Waals surface area contributed by atoms with Gasteiger partial charge in [0.1, 0.15) is 24.1 Å². The zero-order valence-corrected chi connectivity index (χ0v) is 28.4. The molecule has 0 unspecified atom stereocenters. The van der Waals surface area contributed by atoms with Crippen LogP contribution < -0.4 is 19.1 Å². The number of hydrogen-bond acceptors (Lipinski definition) is 6. The Labute approximate surface area is 278 Å². The normalized spacial score (nSPS) is 11.9. The van der Waals surface area contributed by atoms with Crippen LogP contribution in [0.4, 0.5) is 5.69 Å². The highest BCUT2D eigenvalue weighted by Gasteiger charge is 2.35. The summed E-state index contributed by atoms with van der Waals surface area (Å²) in [6.07, 6.45) is 0.218. The molecule has 0 aliphatic rings. The van der Waals surface area contributed by atoms with E-state index in [1.165, 1.54) is 17.0 Å². The van der Waals surface area contributed by atoms with Crippen molar-refractivity contribution in [3.63, 3.8) is 0 Å². The average molecular weight is 658 g/mol. The minimum atomic E-state index is -4.26. The van der Waals surface area contributed by atoms with E-state index in [0.717, 1.165) is 21.0 Å². The number of amides is 2. The Kier molecular flexibility index (Phi) is 12.0. The van der Waals surface area contributed by atoms with Crippen LogP contribution in [0, 0.1) is 6.92 Å². The second-order valence-electron chi connectivity index (χ2n) is 11.5. The molecule has 1 atom stereocenters. The number of rotatable bonds is 15. The fourth-order valence-corrected chi connectivity index (χ4v) is 6.62. The van der Waals surface area contributed by atoms with Gasteiger partial charge in [0.25, 0.3) is 10.0 Å². The van der Waals surface area contributed by atoms with Crippen LogP contribution in [-0.2, 0) is 32.6 Å². The van der Waals surface area contributed by atoms with Gasteiger partial charge in [-0.3, -0.25) is 13.9 Å². The number of para-hydroxylation sites is 2. The van der Waals surface area contributed by atoms with E-state index in [1.54, 1.807) is 62.6 Å². The molecular formula is C37H43N3O6S. The molecule has 0 aliphatic carbocycles. The van der Waals surface area contributed by atoms with Gasteiger partial charge in [0, 0.05) is 19.0 Å². The maximum atomic E-state index is 14.7. The summed E-state index contributed by atoms with van der Waals surface area (Å²) >= 11 is 0. The fourth-order valence-electron chi connectivity index (χ4n) is 5.19. The summed E-state index contributed by atoms with van der Waals surface area (Å²) < 4.78 is 41.0. The largest absolute Gasteiger partial charge is 0.497 e. The summed E-state index contributed by atoms with van der Waals surface area (Å²) in [4.78, 5) is 30.0. The summed E-state index contributed by atoms with van der Waals surface area (Å²) in [6, 6.07) is 28.7. The number of nitrogens with zero attached hydrogens (tertiary/aromatic N) is 2. The van der Waals surface area contributed by atoms with E-state index in [0.29, 0.717) is 18.1 Å². The molecule has 4 aromatic rings. The summed E-state index contributed by atoms with van der Waals surface area (Å²) in [6.45, 7) is 7.12. The summed E-state index contributed by atoms with van der Waals surface area (Å²) in [7, 11) is -2.71. The molecule has 2 amide bonds. The molecule has 248 valence electrons. The standard InChI is InChI=1S/C37H43N3O6S/c1-6-46-35-18-11-10-17-33(35)40(47(43,44)32-21-19-28(4)20-22-32)26-36(41)39(25-30-15-12-16-31(23-30)45-5)34(37(42)38-27(2)3)24-29-13-8-7-9-14-29/h7-23,27,34H,6,24-26H2,1-5H3,(H,38,42)/t34-/m0/s1. The Morgan fingerprint density at radius 3 is 2.17 bits per heavy atom. The van der Waals surface area contributed by atoms with Gasteiger partial charge in [-0.2, -0.15) is 0 Å². The number of anilines is 1. The lowest BCUT2D eigenvalue weighted by Gasteiger charge is -2.34. The lowest BCUT2D eigenvalue weighted by atomic mass is 10.0. The number of benzene rings is 4. The highest BCUT2D eigenvalue weighted by molar-refractivity contribution is 7.92. The highest BCUT2D eigenvalue weighted by Crippen LogP contribution is 2.33. The quantitative estimate of drug-likeness (QED) is 0.174. The van der Waals surface area contributed by atoms with Crippen LogP contribution in [0.1, 0.15) is 37.5 Å². The Morgan fingerprint density at radius 2 is 1.51 bits per heavy atom. The van der Waals surface area contributed by atoms with Gasteiger partial charge in [0.15, 0.2) is 0 Å². The van der Waals surface area contributed by atoms with E-state index >= 15 is 0 Å². The third kappa shape index (κ3) is 9.13. The van der Waals surface area contributed by atoms with Gasteiger partial charge in [-0.05, 0) is 75.2 Å². The average Bonchev–Trinajstić information content (AvgIpc) is 3.06. The molecule has 10 heteroatoms. The van der Waals surface area contributed by atoms with Gasteiger partial charge in [-0.25, -0.2) is 8.42 Å². The molecule has 4 aromatic carbocycles. The molecule has 0 fully saturated rings. The van der Waals surface area contributed by atoms with Crippen molar-refractivity contribution < 1.29 is 27.5 Å². The van der Waals surface area contributed by atoms with Gasteiger partial charge in [-0.1, -0.05) is 72.3 Å². The van der Waals surface area contributed by atoms with Gasteiger partial charge >= 0.3 is 0 Å². The van der Waals surface area contributed by atoms with Crippen molar-refractivity contribution in [2.75, 3.05) is 24.6 Å². The molecule has 0 saturated carbocycles. The number of ether oxygens (including phenoxy) is 2. The van der Waals surface area contributed by atoms with Gasteiger partial charge in [-0.15, -0.1) is 0 Å². The van der Waals surface area contributed by atoms with Crippen LogP contribution in [-0.4, -0.2) is 57.5 Å². The summed E-state index contributed by atoms with van der Waals surface area (Å²) in [5.41, 5.74) is 2.68. The maximum Gasteiger partial charge on any atom is 0.264 e. The third-order valence-electron chi connectivity index (χ3n) is 7.51. The molecule has 1 N–H and O–H groups in total. The van der Waals surface area contributed by atoms with E-state index in [9.17, 15) is 18.0 Å². The first-order valence-electron chi connectivity index (χ1n) is 15.6. The van der Waals surface area contributed by atoms with Crippen molar-refractivity contribution >= 4 is 27.5 Å². The smallest absolute Gasteiger partial charge is 0.264 e. The van der Waals surface area contributed by atoms with Gasteiger partial charge < -0.3 is 19.7 Å². The second kappa shape index (κ2) is 16.1. The molecule has 0 heterocycles. The van der Waals surface area contributed by atoms with Crippen molar-refractivity contribution in [2.24, 2.45) is 0 Å². The molecule has 47 heavy (non-hydrogen) atoms. The first-order chi connectivity index (χ1) is 22.5. The Balaban J connectivity index is 1.85. The van der Waals surface area contributed by atoms with Gasteiger partial charge in [0.05, 0.1) is 24.3 Å². The Hall–Kier alpha value is -4.83. The van der Waals surface area contributed by atoms with E-state index in [-0.39, 0.29) is 35.5 Å². The Morgan fingerprint density at radius 1 is 0.851 bits per heavy atom. The van der Waals surface area contributed by atoms with Crippen molar-refractivity contribution in [1.29, 1.82) is 0 Å². The SMILES string of the molecule is CCOc1ccccc1N(CC(=O)N(Cc1cccc(OC)c1)[C@@H](Cc1ccccc1)C(=O)NC(C)C)S(=O)(=O)c1ccc(C)cc1. The molecule has 4 rings (SSSR count). The summed E-state index contributed by atoms with van der Waals surface area (Å²) in [5.74, 6) is 0.00368. The second-order valence-corrected chi connectivity index (χ2v) is 13.3. The lowest BCUT2D eigenvalue weighted by molar-refractivity contribution is -0.140. The molecule has 0 radical (unpaired) electrons. The number of methoxy groups -OCH3 is 1. The molecular weight excluding hydrogens is 614 g/mol. The zero-order chi connectivity index (χ0) is 34.0. The van der Waals surface area contributed by atoms with Crippen molar-refractivity contribution in [3.8, 4) is 11.5 Å². The first kappa shape index (κ1) is 35.0. The first-order valence-corrected chi connectivity index (χ1v) is 17.1. The van der Waals surface area contributed by atoms with Crippen molar-refractivity contribution in [2.45, 2.75) is 57.6 Å². The van der Waals surface area contributed by atoms with Gasteiger partial charge in [0.2, 0.25) is 11.8 Å². The van der Waals surface area contributed by atoms with E-state index in [1.807, 2.05) is 63.2 Å². The molecule has 0 aromatic heterocycles. The van der Waals surface area contributed by atoms with Crippen LogP contribution in [0.25, 0.3) is 0 Å². The number of sulfonamides is 1. The van der Waals surface area contributed by atoms with E-state index in [2.05, 4.69) is 5.32 Å². The number of carbonyl (C=O) groups is 2. The van der Waals surface area contributed by atoms with Crippen molar-refractivity contribution in [3.05, 3.63) is 120 Å². The van der Waals surface area contributed by atoms with Crippen LogP contribution in [0.3, 0.4) is 0 Å². The van der Waals surface area contributed by atoms with Crippen LogP contribution in [0.15, 0.2) is 108 Å². The minimum Gasteiger partial charge on any atom is -0.497 e. The topological polar surface area (TPSA) is 105 Å². The number of aryl methyl sites for hydroxylation is 1.